The molecule has 114 valence electrons. The van der Waals surface area contributed by atoms with Gasteiger partial charge in [0.25, 0.3) is 0 Å². The molecule has 1 aliphatic carbocycles. The van der Waals surface area contributed by atoms with Crippen LogP contribution in [0.15, 0.2) is 0 Å². The summed E-state index contributed by atoms with van der Waals surface area (Å²) in [5, 5.41) is 0. The van der Waals surface area contributed by atoms with Crippen LogP contribution in [0, 0.1) is 5.92 Å². The number of hydrogen-bond donors (Lipinski definition) is 1. The number of unbranched alkanes of at least 4 members (excludes halogenated alkanes) is 1. The van der Waals surface area contributed by atoms with Crippen molar-refractivity contribution in [1.82, 2.24) is 4.72 Å². The van der Waals surface area contributed by atoms with Gasteiger partial charge in [0.2, 0.25) is 10.0 Å². The molecule has 0 bridgehead atoms. The summed E-state index contributed by atoms with van der Waals surface area (Å²) in [7, 11) is -3.50. The smallest absolute Gasteiger partial charge is 0.212 e. The van der Waals surface area contributed by atoms with E-state index in [1.165, 1.54) is 0 Å². The van der Waals surface area contributed by atoms with Gasteiger partial charge in [-0.3, -0.25) is 0 Å². The van der Waals surface area contributed by atoms with Gasteiger partial charge in [0, 0.05) is 11.9 Å². The summed E-state index contributed by atoms with van der Waals surface area (Å²) in [5.41, 5.74) is 0. The highest BCUT2D eigenvalue weighted by Gasteiger charge is 2.42. The summed E-state index contributed by atoms with van der Waals surface area (Å²) in [6.45, 7) is 0. The van der Waals surface area contributed by atoms with Crippen LogP contribution in [0.1, 0.15) is 38.5 Å². The second-order valence-corrected chi connectivity index (χ2v) is 7.19. The minimum Gasteiger partial charge on any atom is -0.212 e. The van der Waals surface area contributed by atoms with Crippen molar-refractivity contribution in [3.63, 3.8) is 0 Å². The summed E-state index contributed by atoms with van der Waals surface area (Å²) in [6.07, 6.45) is -2.41. The molecule has 3 nitrogen and oxygen atoms in total. The third-order valence-electron chi connectivity index (χ3n) is 3.28. The van der Waals surface area contributed by atoms with Gasteiger partial charge < -0.3 is 0 Å². The zero-order valence-corrected chi connectivity index (χ0v) is 12.1. The van der Waals surface area contributed by atoms with Crippen LogP contribution in [0.3, 0.4) is 0 Å². The van der Waals surface area contributed by atoms with Gasteiger partial charge in [0.1, 0.15) is 0 Å². The first-order valence-corrected chi connectivity index (χ1v) is 8.56. The van der Waals surface area contributed by atoms with Crippen LogP contribution >= 0.6 is 11.6 Å². The average molecular weight is 322 g/mol. The maximum atomic E-state index is 12.6. The minimum atomic E-state index is -4.23. The number of sulfonamides is 1. The molecule has 0 aromatic rings. The molecule has 2 unspecified atom stereocenters. The Morgan fingerprint density at radius 1 is 1.21 bits per heavy atom. The van der Waals surface area contributed by atoms with E-state index in [1.807, 2.05) is 0 Å². The first-order chi connectivity index (χ1) is 8.74. The molecule has 0 aromatic heterocycles. The highest BCUT2D eigenvalue weighted by atomic mass is 35.5. The Morgan fingerprint density at radius 3 is 2.47 bits per heavy atom. The quantitative estimate of drug-likeness (QED) is 0.604. The summed E-state index contributed by atoms with van der Waals surface area (Å²) in [4.78, 5) is 0. The maximum absolute atomic E-state index is 12.6. The highest BCUT2D eigenvalue weighted by molar-refractivity contribution is 7.89. The first-order valence-electron chi connectivity index (χ1n) is 6.37. The lowest BCUT2D eigenvalue weighted by Gasteiger charge is -2.30. The van der Waals surface area contributed by atoms with Crippen LogP contribution in [-0.2, 0) is 10.0 Å². The first kappa shape index (κ1) is 17.0. The Hall–Kier alpha value is -0.0100. The lowest BCUT2D eigenvalue weighted by molar-refractivity contribution is -0.183. The molecular formula is C11H19ClF3NO2S. The van der Waals surface area contributed by atoms with Crippen molar-refractivity contribution in [2.75, 3.05) is 11.6 Å². The van der Waals surface area contributed by atoms with Crippen molar-refractivity contribution in [2.45, 2.75) is 50.7 Å². The van der Waals surface area contributed by atoms with Crippen LogP contribution in [0.2, 0.25) is 0 Å². The fourth-order valence-electron chi connectivity index (χ4n) is 2.29. The zero-order chi connectivity index (χ0) is 14.5. The van der Waals surface area contributed by atoms with E-state index in [1.54, 1.807) is 0 Å². The van der Waals surface area contributed by atoms with E-state index in [-0.39, 0.29) is 18.6 Å². The standard InChI is InChI=1S/C11H19ClF3NO2S/c12-6-1-2-7-19(17,18)16-10-5-3-4-9(8-10)11(13,14)15/h9-10,16H,1-8H2. The van der Waals surface area contributed by atoms with Gasteiger partial charge in [0.05, 0.1) is 11.7 Å². The fraction of sp³-hybridized carbons (Fsp3) is 1.00. The molecule has 0 aromatic carbocycles. The van der Waals surface area contributed by atoms with E-state index in [4.69, 9.17) is 11.6 Å². The fourth-order valence-corrected chi connectivity index (χ4v) is 3.91. The SMILES string of the molecule is O=S(=O)(CCCCCl)NC1CCCC(C(F)(F)F)C1. The summed E-state index contributed by atoms with van der Waals surface area (Å²) in [5.74, 6) is -1.08. The minimum absolute atomic E-state index is 0.0765. The van der Waals surface area contributed by atoms with Crippen molar-refractivity contribution < 1.29 is 21.6 Å². The van der Waals surface area contributed by atoms with Crippen molar-refractivity contribution in [1.29, 1.82) is 0 Å². The van der Waals surface area contributed by atoms with Crippen molar-refractivity contribution in [3.05, 3.63) is 0 Å². The van der Waals surface area contributed by atoms with Gasteiger partial charge in [-0.15, -0.1) is 11.6 Å². The van der Waals surface area contributed by atoms with E-state index >= 15 is 0 Å². The maximum Gasteiger partial charge on any atom is 0.391 e. The molecular weight excluding hydrogens is 303 g/mol. The molecule has 1 N–H and O–H groups in total. The number of hydrogen-bond acceptors (Lipinski definition) is 2. The van der Waals surface area contributed by atoms with Crippen LogP contribution in [0.25, 0.3) is 0 Å². The summed E-state index contributed by atoms with van der Waals surface area (Å²) < 4.78 is 63.6. The molecule has 8 heteroatoms. The van der Waals surface area contributed by atoms with Gasteiger partial charge in [-0.2, -0.15) is 13.2 Å². The van der Waals surface area contributed by atoms with Crippen LogP contribution in [0.4, 0.5) is 13.2 Å². The Balaban J connectivity index is 2.48. The molecule has 19 heavy (non-hydrogen) atoms. The van der Waals surface area contributed by atoms with Crippen molar-refractivity contribution in [3.8, 4) is 0 Å². The third-order valence-corrected chi connectivity index (χ3v) is 5.07. The molecule has 1 saturated carbocycles. The Kier molecular flexibility index (Phi) is 6.39. The van der Waals surface area contributed by atoms with E-state index in [2.05, 4.69) is 4.72 Å². The second kappa shape index (κ2) is 7.13. The zero-order valence-electron chi connectivity index (χ0n) is 10.5. The molecule has 0 heterocycles. The molecule has 1 aliphatic rings. The number of halogens is 4. The van der Waals surface area contributed by atoms with E-state index in [9.17, 15) is 21.6 Å². The molecule has 0 aliphatic heterocycles. The summed E-state index contributed by atoms with van der Waals surface area (Å²) >= 11 is 5.45. The lowest BCUT2D eigenvalue weighted by atomic mass is 9.86. The predicted octanol–water partition coefficient (Wildman–Crippen LogP) is 3.05. The number of alkyl halides is 4. The normalized spacial score (nSPS) is 25.5. The Morgan fingerprint density at radius 2 is 1.89 bits per heavy atom. The molecule has 1 fully saturated rings. The topological polar surface area (TPSA) is 46.2 Å². The van der Waals surface area contributed by atoms with Crippen LogP contribution in [0.5, 0.6) is 0 Å². The van der Waals surface area contributed by atoms with Gasteiger partial charge in [-0.1, -0.05) is 6.42 Å². The molecule has 0 amide bonds. The monoisotopic (exact) mass is 321 g/mol. The molecule has 2 atom stereocenters. The summed E-state index contributed by atoms with van der Waals surface area (Å²) in [6, 6.07) is -0.596. The van der Waals surface area contributed by atoms with Gasteiger partial charge >= 0.3 is 6.18 Å². The Labute approximate surface area is 116 Å². The van der Waals surface area contributed by atoms with Gasteiger partial charge in [0.15, 0.2) is 0 Å². The van der Waals surface area contributed by atoms with E-state index in [0.29, 0.717) is 31.6 Å². The van der Waals surface area contributed by atoms with Gasteiger partial charge in [-0.25, -0.2) is 13.1 Å². The van der Waals surface area contributed by atoms with Crippen molar-refractivity contribution >= 4 is 21.6 Å². The van der Waals surface area contributed by atoms with Gasteiger partial charge in [-0.05, 0) is 32.1 Å². The molecule has 0 saturated heterocycles. The lowest BCUT2D eigenvalue weighted by Crippen LogP contribution is -2.42. The second-order valence-electron chi connectivity index (χ2n) is 4.93. The van der Waals surface area contributed by atoms with E-state index in [0.717, 1.165) is 0 Å². The highest BCUT2D eigenvalue weighted by Crippen LogP contribution is 2.37. The van der Waals surface area contributed by atoms with Crippen LogP contribution in [-0.4, -0.2) is 32.3 Å². The van der Waals surface area contributed by atoms with Crippen LogP contribution < -0.4 is 4.72 Å². The predicted molar refractivity (Wildman–Crippen MR) is 68.7 cm³/mol. The molecule has 1 rings (SSSR count). The van der Waals surface area contributed by atoms with E-state index < -0.39 is 28.2 Å². The average Bonchev–Trinajstić information content (AvgIpc) is 2.27. The largest absolute Gasteiger partial charge is 0.391 e. The third kappa shape index (κ3) is 6.31. The number of rotatable bonds is 6. The molecule has 0 radical (unpaired) electrons. The molecule has 0 spiro atoms. The number of nitrogens with one attached hydrogen (secondary N) is 1. The Bertz CT molecular complexity index is 373. The van der Waals surface area contributed by atoms with Crippen molar-refractivity contribution in [2.24, 2.45) is 5.92 Å².